The van der Waals surface area contributed by atoms with E-state index in [2.05, 4.69) is 15.5 Å². The summed E-state index contributed by atoms with van der Waals surface area (Å²) >= 11 is 0. The van der Waals surface area contributed by atoms with E-state index in [0.29, 0.717) is 5.69 Å². The molecule has 2 heterocycles. The topological polar surface area (TPSA) is 134 Å². The van der Waals surface area contributed by atoms with Gasteiger partial charge in [-0.3, -0.25) is 14.7 Å². The Kier molecular flexibility index (Phi) is 7.54. The van der Waals surface area contributed by atoms with Crippen molar-refractivity contribution in [1.82, 2.24) is 25.3 Å². The van der Waals surface area contributed by atoms with Gasteiger partial charge < -0.3 is 24.6 Å². The highest BCUT2D eigenvalue weighted by atomic mass is 16.6. The first-order chi connectivity index (χ1) is 16.1. The minimum atomic E-state index is -1.01. The first kappa shape index (κ1) is 24.7. The van der Waals surface area contributed by atoms with E-state index >= 15 is 0 Å². The van der Waals surface area contributed by atoms with Crippen molar-refractivity contribution < 1.29 is 28.7 Å². The van der Waals surface area contributed by atoms with E-state index in [-0.39, 0.29) is 31.9 Å². The molecule has 1 unspecified atom stereocenters. The van der Waals surface area contributed by atoms with Gasteiger partial charge in [-0.05, 0) is 32.4 Å². The normalized spacial score (nSPS) is 16.1. The van der Waals surface area contributed by atoms with E-state index in [1.165, 1.54) is 16.9 Å². The van der Waals surface area contributed by atoms with Crippen LogP contribution in [-0.2, 0) is 19.1 Å². The fraction of sp³-hybridized carbons (Fsp3) is 0.435. The van der Waals surface area contributed by atoms with Gasteiger partial charge in [0.1, 0.15) is 11.6 Å². The van der Waals surface area contributed by atoms with Crippen molar-refractivity contribution in [1.29, 1.82) is 0 Å². The van der Waals surface area contributed by atoms with Gasteiger partial charge in [0.15, 0.2) is 5.69 Å². The number of amides is 3. The maximum atomic E-state index is 12.8. The Labute approximate surface area is 197 Å². The zero-order chi connectivity index (χ0) is 24.9. The second kappa shape index (κ2) is 10.4. The van der Waals surface area contributed by atoms with Crippen LogP contribution in [-0.4, -0.2) is 88.8 Å². The van der Waals surface area contributed by atoms with Crippen molar-refractivity contribution >= 4 is 23.9 Å². The minimum absolute atomic E-state index is 0.0684. The molecule has 0 aliphatic carbocycles. The summed E-state index contributed by atoms with van der Waals surface area (Å²) in [6, 6.07) is 9.96. The summed E-state index contributed by atoms with van der Waals surface area (Å²) in [6.07, 6.45) is -0.574. The van der Waals surface area contributed by atoms with Gasteiger partial charge in [0.25, 0.3) is 5.91 Å². The molecule has 1 aliphatic heterocycles. The molecule has 11 nitrogen and oxygen atoms in total. The van der Waals surface area contributed by atoms with Crippen molar-refractivity contribution in [2.45, 2.75) is 32.4 Å². The van der Waals surface area contributed by atoms with Crippen LogP contribution in [0.5, 0.6) is 0 Å². The summed E-state index contributed by atoms with van der Waals surface area (Å²) in [5, 5.41) is 9.34. The zero-order valence-corrected chi connectivity index (χ0v) is 19.7. The van der Waals surface area contributed by atoms with E-state index in [0.717, 1.165) is 5.56 Å². The molecular formula is C23H29N5O6. The van der Waals surface area contributed by atoms with Crippen LogP contribution in [0.1, 0.15) is 31.3 Å². The summed E-state index contributed by atoms with van der Waals surface area (Å²) in [5.74, 6) is -1.67. The number of nitrogens with one attached hydrogen (secondary N) is 2. The number of esters is 1. The quantitative estimate of drug-likeness (QED) is 0.630. The number of ether oxygens (including phenoxy) is 2. The third-order valence-electron chi connectivity index (χ3n) is 5.12. The average molecular weight is 472 g/mol. The highest BCUT2D eigenvalue weighted by Gasteiger charge is 2.38. The number of hydrogen-bond acceptors (Lipinski definition) is 7. The van der Waals surface area contributed by atoms with E-state index in [1.807, 2.05) is 30.3 Å². The first-order valence-electron chi connectivity index (χ1n) is 10.8. The zero-order valence-electron chi connectivity index (χ0n) is 19.7. The lowest BCUT2D eigenvalue weighted by Gasteiger charge is -2.40. The Morgan fingerprint density at radius 1 is 1.15 bits per heavy atom. The molecule has 2 N–H and O–H groups in total. The van der Waals surface area contributed by atoms with Crippen molar-refractivity contribution in [2.75, 3.05) is 33.3 Å². The van der Waals surface area contributed by atoms with Crippen LogP contribution in [0.3, 0.4) is 0 Å². The van der Waals surface area contributed by atoms with Crippen LogP contribution in [0, 0.1) is 0 Å². The minimum Gasteiger partial charge on any atom is -0.467 e. The summed E-state index contributed by atoms with van der Waals surface area (Å²) in [4.78, 5) is 52.7. The lowest BCUT2D eigenvalue weighted by molar-refractivity contribution is -0.155. The fourth-order valence-electron chi connectivity index (χ4n) is 3.46. The van der Waals surface area contributed by atoms with Crippen LogP contribution < -0.4 is 5.32 Å². The van der Waals surface area contributed by atoms with Crippen molar-refractivity contribution in [3.05, 3.63) is 42.1 Å². The van der Waals surface area contributed by atoms with Gasteiger partial charge in [-0.1, -0.05) is 30.3 Å². The molecule has 1 aliphatic rings. The summed E-state index contributed by atoms with van der Waals surface area (Å²) < 4.78 is 10.2. The monoisotopic (exact) mass is 471 g/mol. The third-order valence-corrected chi connectivity index (χ3v) is 5.12. The SMILES string of the molecule is COC(=O)C1CN(C(=O)OC(C)(C)C)CCN1C(=O)CNC(=O)c1cc(-c2ccccc2)[nH]n1. The summed E-state index contributed by atoms with van der Waals surface area (Å²) in [6.45, 7) is 5.09. The smallest absolute Gasteiger partial charge is 0.410 e. The Balaban J connectivity index is 1.61. The molecule has 1 fully saturated rings. The number of nitrogens with zero attached hydrogens (tertiary/aromatic N) is 3. The number of rotatable bonds is 5. The van der Waals surface area contributed by atoms with Crippen LogP contribution in [0.4, 0.5) is 4.79 Å². The Morgan fingerprint density at radius 3 is 2.50 bits per heavy atom. The molecule has 3 amide bonds. The molecule has 0 bridgehead atoms. The number of benzene rings is 1. The van der Waals surface area contributed by atoms with Crippen molar-refractivity contribution in [2.24, 2.45) is 0 Å². The highest BCUT2D eigenvalue weighted by Crippen LogP contribution is 2.18. The van der Waals surface area contributed by atoms with Gasteiger partial charge in [-0.2, -0.15) is 5.10 Å². The van der Waals surface area contributed by atoms with Crippen molar-refractivity contribution in [3.63, 3.8) is 0 Å². The number of piperazine rings is 1. The molecule has 11 heteroatoms. The number of carbonyl (C=O) groups is 4. The highest BCUT2D eigenvalue weighted by molar-refractivity contribution is 5.96. The predicted octanol–water partition coefficient (Wildman–Crippen LogP) is 1.43. The van der Waals surface area contributed by atoms with Gasteiger partial charge in [-0.15, -0.1) is 0 Å². The maximum absolute atomic E-state index is 12.8. The Bertz CT molecular complexity index is 1050. The van der Waals surface area contributed by atoms with Gasteiger partial charge in [0.2, 0.25) is 5.91 Å². The Morgan fingerprint density at radius 2 is 1.85 bits per heavy atom. The third kappa shape index (κ3) is 6.12. The van der Waals surface area contributed by atoms with Crippen LogP contribution in [0.15, 0.2) is 36.4 Å². The van der Waals surface area contributed by atoms with Gasteiger partial charge in [-0.25, -0.2) is 9.59 Å². The van der Waals surface area contributed by atoms with Crippen molar-refractivity contribution in [3.8, 4) is 11.3 Å². The Hall–Kier alpha value is -3.89. The molecule has 1 aromatic heterocycles. The number of carbonyl (C=O) groups excluding carboxylic acids is 4. The van der Waals surface area contributed by atoms with Gasteiger partial charge in [0.05, 0.1) is 25.9 Å². The van der Waals surface area contributed by atoms with E-state index in [4.69, 9.17) is 9.47 Å². The van der Waals surface area contributed by atoms with Gasteiger partial charge in [0, 0.05) is 13.1 Å². The number of H-pyrrole nitrogens is 1. The predicted molar refractivity (Wildman–Crippen MR) is 122 cm³/mol. The van der Waals surface area contributed by atoms with E-state index < -0.39 is 35.5 Å². The first-order valence-corrected chi connectivity index (χ1v) is 10.8. The lowest BCUT2D eigenvalue weighted by Crippen LogP contribution is -2.61. The van der Waals surface area contributed by atoms with E-state index in [9.17, 15) is 19.2 Å². The molecule has 182 valence electrons. The summed E-state index contributed by atoms with van der Waals surface area (Å²) in [7, 11) is 1.21. The number of methoxy groups -OCH3 is 1. The molecule has 1 saturated heterocycles. The number of hydrogen-bond donors (Lipinski definition) is 2. The van der Waals surface area contributed by atoms with Crippen LogP contribution in [0.25, 0.3) is 11.3 Å². The lowest BCUT2D eigenvalue weighted by atomic mass is 10.1. The molecule has 3 rings (SSSR count). The van der Waals surface area contributed by atoms with Crippen LogP contribution >= 0.6 is 0 Å². The number of aromatic amines is 1. The molecule has 0 saturated carbocycles. The van der Waals surface area contributed by atoms with E-state index in [1.54, 1.807) is 26.8 Å². The molecule has 2 aromatic rings. The number of aromatic nitrogens is 2. The maximum Gasteiger partial charge on any atom is 0.410 e. The molecule has 1 atom stereocenters. The summed E-state index contributed by atoms with van der Waals surface area (Å²) in [5.41, 5.74) is 0.975. The average Bonchev–Trinajstić information content (AvgIpc) is 3.31. The molecule has 1 aromatic carbocycles. The molecule has 34 heavy (non-hydrogen) atoms. The van der Waals surface area contributed by atoms with Crippen LogP contribution in [0.2, 0.25) is 0 Å². The van der Waals surface area contributed by atoms with Gasteiger partial charge >= 0.3 is 12.1 Å². The standard InChI is InChI=1S/C23H29N5O6/c1-23(2,3)34-22(32)27-10-11-28(18(14-27)21(31)33-4)19(29)13-24-20(30)17-12-16(25-26-17)15-8-6-5-7-9-15/h5-9,12,18H,10-11,13-14H2,1-4H3,(H,24,30)(H,25,26). The molecular weight excluding hydrogens is 442 g/mol. The molecule has 0 radical (unpaired) electrons. The second-order valence-corrected chi connectivity index (χ2v) is 8.77. The molecule has 0 spiro atoms. The second-order valence-electron chi connectivity index (χ2n) is 8.77. The fourth-order valence-corrected chi connectivity index (χ4v) is 3.46. The largest absolute Gasteiger partial charge is 0.467 e.